The van der Waals surface area contributed by atoms with Crippen LogP contribution < -0.4 is 0 Å². The highest BCUT2D eigenvalue weighted by Gasteiger charge is 2.41. The van der Waals surface area contributed by atoms with Crippen LogP contribution >= 0.6 is 0 Å². The molecule has 1 unspecified atom stereocenters. The highest BCUT2D eigenvalue weighted by Crippen LogP contribution is 2.36. The number of nitriles is 1. The van der Waals surface area contributed by atoms with E-state index in [9.17, 15) is 9.90 Å². The van der Waals surface area contributed by atoms with Crippen molar-refractivity contribution in [2.75, 3.05) is 13.1 Å². The molecule has 0 aromatic rings. The lowest BCUT2D eigenvalue weighted by molar-refractivity contribution is -0.152. The van der Waals surface area contributed by atoms with Gasteiger partial charge in [0.25, 0.3) is 0 Å². The van der Waals surface area contributed by atoms with Gasteiger partial charge in [0.1, 0.15) is 0 Å². The number of rotatable bonds is 4. The van der Waals surface area contributed by atoms with Crippen molar-refractivity contribution in [3.8, 4) is 6.07 Å². The van der Waals surface area contributed by atoms with Gasteiger partial charge in [-0.3, -0.25) is 9.69 Å². The predicted molar refractivity (Wildman–Crippen MR) is 60.9 cm³/mol. The Balaban J connectivity index is 2.63. The predicted octanol–water partition coefficient (Wildman–Crippen LogP) is 1.87. The molecule has 0 aromatic heterocycles. The SMILES string of the molecule is CCCC1(C(=O)O)CCN(C(C)C#N)CC1. The third kappa shape index (κ3) is 2.53. The average Bonchev–Trinajstić information content (AvgIpc) is 2.29. The molecular weight excluding hydrogens is 204 g/mol. The first kappa shape index (κ1) is 13.0. The molecule has 16 heavy (non-hydrogen) atoms. The molecule has 1 saturated heterocycles. The Labute approximate surface area is 96.9 Å². The largest absolute Gasteiger partial charge is 0.481 e. The number of hydrogen-bond acceptors (Lipinski definition) is 3. The van der Waals surface area contributed by atoms with Crippen LogP contribution in [0.2, 0.25) is 0 Å². The van der Waals surface area contributed by atoms with E-state index in [1.54, 1.807) is 0 Å². The van der Waals surface area contributed by atoms with Crippen molar-refractivity contribution < 1.29 is 9.90 Å². The van der Waals surface area contributed by atoms with Crippen LogP contribution in [0.25, 0.3) is 0 Å². The lowest BCUT2D eigenvalue weighted by Crippen LogP contribution is -2.47. The van der Waals surface area contributed by atoms with E-state index in [4.69, 9.17) is 5.26 Å². The monoisotopic (exact) mass is 224 g/mol. The maximum absolute atomic E-state index is 11.3. The molecule has 1 N–H and O–H groups in total. The van der Waals surface area contributed by atoms with Gasteiger partial charge in [0.05, 0.1) is 17.5 Å². The molecule has 1 aliphatic rings. The Bertz CT molecular complexity index is 288. The molecule has 1 aliphatic heterocycles. The number of nitrogens with zero attached hydrogens (tertiary/aromatic N) is 2. The van der Waals surface area contributed by atoms with Gasteiger partial charge in [0.2, 0.25) is 0 Å². The van der Waals surface area contributed by atoms with Crippen LogP contribution in [0.3, 0.4) is 0 Å². The van der Waals surface area contributed by atoms with Crippen molar-refractivity contribution in [1.82, 2.24) is 4.90 Å². The summed E-state index contributed by atoms with van der Waals surface area (Å²) in [7, 11) is 0. The standard InChI is InChI=1S/C12H20N2O2/c1-3-4-12(11(15)16)5-7-14(8-6-12)10(2)9-13/h10H,3-8H2,1-2H3,(H,15,16). The fraction of sp³-hybridized carbons (Fsp3) is 0.833. The molecule has 90 valence electrons. The maximum Gasteiger partial charge on any atom is 0.309 e. The molecule has 4 heteroatoms. The molecule has 0 spiro atoms. The van der Waals surface area contributed by atoms with Crippen LogP contribution in [0.4, 0.5) is 0 Å². The molecule has 1 atom stereocenters. The van der Waals surface area contributed by atoms with Gasteiger partial charge >= 0.3 is 5.97 Å². The number of carbonyl (C=O) groups is 1. The van der Waals surface area contributed by atoms with E-state index in [1.165, 1.54) is 0 Å². The molecule has 0 amide bonds. The van der Waals surface area contributed by atoms with Gasteiger partial charge in [-0.15, -0.1) is 0 Å². The zero-order valence-corrected chi connectivity index (χ0v) is 10.1. The Morgan fingerprint density at radius 1 is 1.56 bits per heavy atom. The third-order valence-corrected chi connectivity index (χ3v) is 3.67. The van der Waals surface area contributed by atoms with Crippen LogP contribution in [-0.4, -0.2) is 35.1 Å². The normalized spacial score (nSPS) is 22.3. The van der Waals surface area contributed by atoms with Gasteiger partial charge in [0, 0.05) is 13.1 Å². The summed E-state index contributed by atoms with van der Waals surface area (Å²) >= 11 is 0. The van der Waals surface area contributed by atoms with Gasteiger partial charge in [-0.05, 0) is 26.2 Å². The Hall–Kier alpha value is -1.08. The van der Waals surface area contributed by atoms with Crippen LogP contribution in [0.5, 0.6) is 0 Å². The van der Waals surface area contributed by atoms with Crippen molar-refractivity contribution in [3.63, 3.8) is 0 Å². The van der Waals surface area contributed by atoms with E-state index in [1.807, 2.05) is 13.8 Å². The fourth-order valence-electron chi connectivity index (χ4n) is 2.47. The second kappa shape index (κ2) is 5.31. The van der Waals surface area contributed by atoms with Gasteiger partial charge in [-0.25, -0.2) is 0 Å². The van der Waals surface area contributed by atoms with Crippen molar-refractivity contribution in [3.05, 3.63) is 0 Å². The second-order valence-electron chi connectivity index (χ2n) is 4.68. The van der Waals surface area contributed by atoms with E-state index in [2.05, 4.69) is 11.0 Å². The van der Waals surface area contributed by atoms with E-state index in [-0.39, 0.29) is 6.04 Å². The first-order chi connectivity index (χ1) is 7.55. The van der Waals surface area contributed by atoms with Crippen LogP contribution in [0.15, 0.2) is 0 Å². The third-order valence-electron chi connectivity index (χ3n) is 3.67. The first-order valence-corrected chi connectivity index (χ1v) is 5.93. The van der Waals surface area contributed by atoms with Crippen molar-refractivity contribution in [1.29, 1.82) is 5.26 Å². The maximum atomic E-state index is 11.3. The number of carboxylic acids is 1. The fourth-order valence-corrected chi connectivity index (χ4v) is 2.47. The highest BCUT2D eigenvalue weighted by molar-refractivity contribution is 5.74. The number of piperidine rings is 1. The summed E-state index contributed by atoms with van der Waals surface area (Å²) in [5.41, 5.74) is -0.541. The second-order valence-corrected chi connectivity index (χ2v) is 4.68. The first-order valence-electron chi connectivity index (χ1n) is 5.93. The minimum absolute atomic E-state index is 0.103. The molecule has 0 aromatic carbocycles. The van der Waals surface area contributed by atoms with Gasteiger partial charge in [0.15, 0.2) is 0 Å². The Kier molecular flexibility index (Phi) is 4.31. The number of aliphatic carboxylic acids is 1. The Morgan fingerprint density at radius 2 is 2.12 bits per heavy atom. The lowest BCUT2D eigenvalue weighted by atomic mass is 9.75. The lowest BCUT2D eigenvalue weighted by Gasteiger charge is -2.39. The quantitative estimate of drug-likeness (QED) is 0.791. The number of likely N-dealkylation sites (tertiary alicyclic amines) is 1. The summed E-state index contributed by atoms with van der Waals surface area (Å²) in [6, 6.07) is 2.10. The molecule has 0 saturated carbocycles. The van der Waals surface area contributed by atoms with Gasteiger partial charge in [-0.2, -0.15) is 5.26 Å². The number of carboxylic acid groups (broad SMARTS) is 1. The minimum atomic E-state index is -0.668. The average molecular weight is 224 g/mol. The smallest absolute Gasteiger partial charge is 0.309 e. The topological polar surface area (TPSA) is 64.3 Å². The van der Waals surface area contributed by atoms with E-state index in [0.717, 1.165) is 25.9 Å². The van der Waals surface area contributed by atoms with Crippen molar-refractivity contribution in [2.24, 2.45) is 5.41 Å². The summed E-state index contributed by atoms with van der Waals surface area (Å²) in [6.07, 6.45) is 2.99. The zero-order valence-electron chi connectivity index (χ0n) is 10.1. The minimum Gasteiger partial charge on any atom is -0.481 e. The molecule has 0 radical (unpaired) electrons. The van der Waals surface area contributed by atoms with Crippen LogP contribution in [0, 0.1) is 16.7 Å². The van der Waals surface area contributed by atoms with Crippen LogP contribution in [-0.2, 0) is 4.79 Å². The molecule has 1 fully saturated rings. The molecule has 1 heterocycles. The highest BCUT2D eigenvalue weighted by atomic mass is 16.4. The summed E-state index contributed by atoms with van der Waals surface area (Å²) in [5, 5.41) is 18.1. The molecule has 0 aliphatic carbocycles. The van der Waals surface area contributed by atoms with Crippen molar-refractivity contribution in [2.45, 2.75) is 45.6 Å². The Morgan fingerprint density at radius 3 is 2.50 bits per heavy atom. The summed E-state index contributed by atoms with van der Waals surface area (Å²) < 4.78 is 0. The molecule has 1 rings (SSSR count). The molecule has 0 bridgehead atoms. The summed E-state index contributed by atoms with van der Waals surface area (Å²) in [4.78, 5) is 13.4. The summed E-state index contributed by atoms with van der Waals surface area (Å²) in [5.74, 6) is -0.668. The van der Waals surface area contributed by atoms with Gasteiger partial charge < -0.3 is 5.11 Å². The van der Waals surface area contributed by atoms with E-state index >= 15 is 0 Å². The zero-order chi connectivity index (χ0) is 12.2. The summed E-state index contributed by atoms with van der Waals surface area (Å²) in [6.45, 7) is 5.34. The van der Waals surface area contributed by atoms with Crippen LogP contribution in [0.1, 0.15) is 39.5 Å². The van der Waals surface area contributed by atoms with Crippen molar-refractivity contribution >= 4 is 5.97 Å². The molecule has 4 nitrogen and oxygen atoms in total. The van der Waals surface area contributed by atoms with E-state index < -0.39 is 11.4 Å². The van der Waals surface area contributed by atoms with Gasteiger partial charge in [-0.1, -0.05) is 13.3 Å². The number of hydrogen-bond donors (Lipinski definition) is 1. The molecular formula is C12H20N2O2. The van der Waals surface area contributed by atoms with E-state index in [0.29, 0.717) is 12.8 Å².